The van der Waals surface area contributed by atoms with Crippen molar-refractivity contribution in [3.05, 3.63) is 35.7 Å². The van der Waals surface area contributed by atoms with Crippen LogP contribution >= 0.6 is 0 Å². The van der Waals surface area contributed by atoms with Gasteiger partial charge >= 0.3 is 0 Å². The number of rotatable bonds is 4. The van der Waals surface area contributed by atoms with E-state index in [0.29, 0.717) is 5.56 Å². The molecule has 126 valence electrons. The first-order chi connectivity index (χ1) is 11.3. The summed E-state index contributed by atoms with van der Waals surface area (Å²) in [5.41, 5.74) is 0.0505. The standard InChI is InChI=1S/C14H14F2N6O2/c1-7-10(19-14(24-7)8-4-17-21(2)5-8)13(23)18-9-6-22(3)20-11(9)12(15)16/h4-6,12H,1-3H3,(H,18,23). The van der Waals surface area contributed by atoms with Crippen LogP contribution in [0.25, 0.3) is 11.5 Å². The highest BCUT2D eigenvalue weighted by Crippen LogP contribution is 2.26. The molecule has 3 rings (SSSR count). The van der Waals surface area contributed by atoms with Crippen molar-refractivity contribution in [3.63, 3.8) is 0 Å². The van der Waals surface area contributed by atoms with Gasteiger partial charge in [0, 0.05) is 26.5 Å². The molecule has 8 nitrogen and oxygen atoms in total. The average Bonchev–Trinajstić information content (AvgIpc) is 3.18. The molecule has 3 aromatic heterocycles. The van der Waals surface area contributed by atoms with Crippen LogP contribution in [0.2, 0.25) is 0 Å². The fourth-order valence-corrected chi connectivity index (χ4v) is 2.21. The normalized spacial score (nSPS) is 11.2. The Morgan fingerprint density at radius 3 is 2.67 bits per heavy atom. The van der Waals surface area contributed by atoms with Crippen molar-refractivity contribution in [3.8, 4) is 11.5 Å². The summed E-state index contributed by atoms with van der Waals surface area (Å²) in [6.45, 7) is 1.57. The van der Waals surface area contributed by atoms with Gasteiger partial charge in [-0.15, -0.1) is 0 Å². The molecular weight excluding hydrogens is 322 g/mol. The Morgan fingerprint density at radius 2 is 2.04 bits per heavy atom. The number of oxazole rings is 1. The van der Waals surface area contributed by atoms with Gasteiger partial charge in [-0.05, 0) is 6.92 Å². The summed E-state index contributed by atoms with van der Waals surface area (Å²) in [6, 6.07) is 0. The number of hydrogen-bond acceptors (Lipinski definition) is 5. The van der Waals surface area contributed by atoms with Gasteiger partial charge in [-0.3, -0.25) is 14.2 Å². The molecule has 24 heavy (non-hydrogen) atoms. The van der Waals surface area contributed by atoms with Gasteiger partial charge in [0.25, 0.3) is 12.3 Å². The number of halogens is 2. The minimum Gasteiger partial charge on any atom is -0.440 e. The Hall–Kier alpha value is -3.04. The lowest BCUT2D eigenvalue weighted by atomic mass is 10.3. The monoisotopic (exact) mass is 336 g/mol. The molecule has 0 saturated carbocycles. The molecule has 0 aliphatic heterocycles. The maximum absolute atomic E-state index is 12.9. The molecule has 0 radical (unpaired) electrons. The highest BCUT2D eigenvalue weighted by Gasteiger charge is 2.23. The SMILES string of the molecule is Cc1oc(-c2cnn(C)c2)nc1C(=O)Nc1cn(C)nc1C(F)F. The molecule has 3 heterocycles. The Morgan fingerprint density at radius 1 is 1.29 bits per heavy atom. The van der Waals surface area contributed by atoms with E-state index in [1.807, 2.05) is 0 Å². The number of aromatic nitrogens is 5. The summed E-state index contributed by atoms with van der Waals surface area (Å²) >= 11 is 0. The number of hydrogen-bond donors (Lipinski definition) is 1. The van der Waals surface area contributed by atoms with Crippen LogP contribution in [0.3, 0.4) is 0 Å². The number of aryl methyl sites for hydroxylation is 3. The van der Waals surface area contributed by atoms with Crippen molar-refractivity contribution in [1.82, 2.24) is 24.5 Å². The lowest BCUT2D eigenvalue weighted by Gasteiger charge is -2.02. The number of carbonyl (C=O) groups is 1. The van der Waals surface area contributed by atoms with E-state index < -0.39 is 18.0 Å². The summed E-state index contributed by atoms with van der Waals surface area (Å²) in [6.07, 6.45) is 1.73. The lowest BCUT2D eigenvalue weighted by Crippen LogP contribution is -2.14. The van der Waals surface area contributed by atoms with Gasteiger partial charge in [0.1, 0.15) is 5.76 Å². The molecule has 1 amide bonds. The van der Waals surface area contributed by atoms with Crippen LogP contribution in [0.1, 0.15) is 28.4 Å². The van der Waals surface area contributed by atoms with E-state index in [1.165, 1.54) is 17.9 Å². The second-order valence-electron chi connectivity index (χ2n) is 5.18. The molecule has 0 unspecified atom stereocenters. The van der Waals surface area contributed by atoms with Crippen molar-refractivity contribution in [2.24, 2.45) is 14.1 Å². The smallest absolute Gasteiger partial charge is 0.284 e. The van der Waals surface area contributed by atoms with Crippen LogP contribution in [0.15, 0.2) is 23.0 Å². The highest BCUT2D eigenvalue weighted by atomic mass is 19.3. The topological polar surface area (TPSA) is 90.8 Å². The summed E-state index contributed by atoms with van der Waals surface area (Å²) in [5.74, 6) is -0.152. The maximum atomic E-state index is 12.9. The van der Waals surface area contributed by atoms with Crippen LogP contribution in [-0.4, -0.2) is 30.5 Å². The number of nitrogens with zero attached hydrogens (tertiary/aromatic N) is 5. The Labute approximate surface area is 135 Å². The van der Waals surface area contributed by atoms with Gasteiger partial charge in [-0.2, -0.15) is 10.2 Å². The van der Waals surface area contributed by atoms with Crippen molar-refractivity contribution in [2.75, 3.05) is 5.32 Å². The summed E-state index contributed by atoms with van der Waals surface area (Å²) < 4.78 is 34.1. The third-order valence-electron chi connectivity index (χ3n) is 3.28. The predicted molar refractivity (Wildman–Crippen MR) is 79.6 cm³/mol. The molecule has 0 aliphatic rings. The van der Waals surface area contributed by atoms with Crippen LogP contribution in [0.5, 0.6) is 0 Å². The number of alkyl halides is 2. The summed E-state index contributed by atoms with van der Waals surface area (Å²) in [4.78, 5) is 16.5. The minimum atomic E-state index is -2.80. The second kappa shape index (κ2) is 5.87. The zero-order valence-corrected chi connectivity index (χ0v) is 13.1. The van der Waals surface area contributed by atoms with Gasteiger partial charge in [0.15, 0.2) is 11.4 Å². The van der Waals surface area contributed by atoms with Crippen LogP contribution in [0, 0.1) is 6.92 Å². The lowest BCUT2D eigenvalue weighted by molar-refractivity contribution is 0.102. The molecule has 0 spiro atoms. The van der Waals surface area contributed by atoms with Gasteiger partial charge in [-0.25, -0.2) is 13.8 Å². The van der Waals surface area contributed by atoms with E-state index in [-0.39, 0.29) is 23.0 Å². The highest BCUT2D eigenvalue weighted by molar-refractivity contribution is 6.04. The van der Waals surface area contributed by atoms with Crippen molar-refractivity contribution in [2.45, 2.75) is 13.3 Å². The fraction of sp³-hybridized carbons (Fsp3) is 0.286. The van der Waals surface area contributed by atoms with Crippen molar-refractivity contribution >= 4 is 11.6 Å². The third kappa shape index (κ3) is 2.90. The van der Waals surface area contributed by atoms with E-state index in [0.717, 1.165) is 0 Å². The van der Waals surface area contributed by atoms with Crippen LogP contribution < -0.4 is 5.32 Å². The zero-order valence-electron chi connectivity index (χ0n) is 13.1. The van der Waals surface area contributed by atoms with Gasteiger partial charge in [0.05, 0.1) is 17.4 Å². The fourth-order valence-electron chi connectivity index (χ4n) is 2.21. The number of carbonyl (C=O) groups excluding carboxylic acids is 1. The number of anilines is 1. The molecule has 0 aliphatic carbocycles. The third-order valence-corrected chi connectivity index (χ3v) is 3.28. The summed E-state index contributed by atoms with van der Waals surface area (Å²) in [7, 11) is 3.23. The van der Waals surface area contributed by atoms with E-state index in [4.69, 9.17) is 4.42 Å². The molecule has 0 saturated heterocycles. The van der Waals surface area contributed by atoms with Gasteiger partial charge in [-0.1, -0.05) is 0 Å². The predicted octanol–water partition coefficient (Wildman–Crippen LogP) is 2.31. The number of amides is 1. The second-order valence-corrected chi connectivity index (χ2v) is 5.18. The quantitative estimate of drug-likeness (QED) is 0.789. The van der Waals surface area contributed by atoms with Gasteiger partial charge in [0.2, 0.25) is 5.89 Å². The molecule has 3 aromatic rings. The largest absolute Gasteiger partial charge is 0.440 e. The van der Waals surface area contributed by atoms with E-state index in [9.17, 15) is 13.6 Å². The van der Waals surface area contributed by atoms with Crippen LogP contribution in [-0.2, 0) is 14.1 Å². The van der Waals surface area contributed by atoms with Crippen molar-refractivity contribution in [1.29, 1.82) is 0 Å². The first-order valence-corrected chi connectivity index (χ1v) is 6.94. The number of nitrogens with one attached hydrogen (secondary N) is 1. The molecule has 10 heteroatoms. The first-order valence-electron chi connectivity index (χ1n) is 6.94. The molecular formula is C14H14F2N6O2. The molecule has 0 aromatic carbocycles. The van der Waals surface area contributed by atoms with Gasteiger partial charge < -0.3 is 9.73 Å². The molecule has 1 N–H and O–H groups in total. The Kier molecular flexibility index (Phi) is 3.87. The first kappa shape index (κ1) is 15.8. The van der Waals surface area contributed by atoms with E-state index in [1.54, 1.807) is 31.0 Å². The molecule has 0 atom stereocenters. The molecule has 0 fully saturated rings. The summed E-state index contributed by atoms with van der Waals surface area (Å²) in [5, 5.41) is 10.0. The maximum Gasteiger partial charge on any atom is 0.284 e. The zero-order chi connectivity index (χ0) is 17.4. The Balaban J connectivity index is 1.87. The Bertz CT molecular complexity index is 895. The van der Waals surface area contributed by atoms with Crippen LogP contribution in [0.4, 0.5) is 14.5 Å². The minimum absolute atomic E-state index is 0.0120. The van der Waals surface area contributed by atoms with E-state index in [2.05, 4.69) is 20.5 Å². The molecule has 0 bridgehead atoms. The van der Waals surface area contributed by atoms with Crippen molar-refractivity contribution < 1.29 is 18.0 Å². The average molecular weight is 336 g/mol. The van der Waals surface area contributed by atoms with E-state index >= 15 is 0 Å².